The third-order valence-corrected chi connectivity index (χ3v) is 4.05. The number of carboxylic acid groups (broad SMARTS) is 1. The average molecular weight is 321 g/mol. The van der Waals surface area contributed by atoms with Gasteiger partial charge < -0.3 is 19.5 Å². The van der Waals surface area contributed by atoms with Gasteiger partial charge in [-0.3, -0.25) is 4.79 Å². The first-order chi connectivity index (χ1) is 10.9. The Kier molecular flexibility index (Phi) is 5.60. The summed E-state index contributed by atoms with van der Waals surface area (Å²) in [6.07, 6.45) is 2.00. The van der Waals surface area contributed by atoms with E-state index in [0.29, 0.717) is 17.9 Å². The number of rotatable bonds is 5. The molecule has 126 valence electrons. The van der Waals surface area contributed by atoms with Crippen molar-refractivity contribution in [1.82, 2.24) is 4.90 Å². The van der Waals surface area contributed by atoms with Crippen molar-refractivity contribution in [3.8, 4) is 5.75 Å². The van der Waals surface area contributed by atoms with Crippen molar-refractivity contribution in [1.29, 1.82) is 0 Å². The fraction of sp³-hybridized carbons (Fsp3) is 0.529. The normalized spacial score (nSPS) is 17.9. The highest BCUT2D eigenvalue weighted by Gasteiger charge is 2.25. The van der Waals surface area contributed by atoms with Crippen LogP contribution in [0.15, 0.2) is 12.1 Å². The zero-order valence-electron chi connectivity index (χ0n) is 13.8. The van der Waals surface area contributed by atoms with Crippen LogP contribution >= 0.6 is 0 Å². The lowest BCUT2D eigenvalue weighted by Crippen LogP contribution is -2.42. The van der Waals surface area contributed by atoms with Crippen LogP contribution in [0.4, 0.5) is 0 Å². The number of carboxylic acids is 1. The van der Waals surface area contributed by atoms with E-state index in [1.165, 1.54) is 0 Å². The van der Waals surface area contributed by atoms with Crippen molar-refractivity contribution in [3.63, 3.8) is 0 Å². The molecule has 0 spiro atoms. The summed E-state index contributed by atoms with van der Waals surface area (Å²) in [7, 11) is 1.67. The molecule has 1 aromatic rings. The molecule has 0 aromatic heterocycles. The second-order valence-corrected chi connectivity index (χ2v) is 5.87. The molecule has 1 unspecified atom stereocenters. The molecule has 0 radical (unpaired) electrons. The largest absolute Gasteiger partial charge is 0.481 e. The molecule has 1 N–H and O–H groups in total. The van der Waals surface area contributed by atoms with Gasteiger partial charge in [0.25, 0.3) is 5.91 Å². The molecule has 1 amide bonds. The standard InChI is InChI=1S/C17H23NO5/c1-11-7-13(8-12(2)16(11)23-10-15(19)20)17(21)18-6-4-5-14(9-18)22-3/h7-8,14H,4-6,9-10H2,1-3H3,(H,19,20). The van der Waals surface area contributed by atoms with Gasteiger partial charge in [0.2, 0.25) is 0 Å². The summed E-state index contributed by atoms with van der Waals surface area (Å²) in [4.78, 5) is 25.1. The Morgan fingerprint density at radius 3 is 2.52 bits per heavy atom. The summed E-state index contributed by atoms with van der Waals surface area (Å²) in [5, 5.41) is 8.72. The molecule has 2 rings (SSSR count). The Hall–Kier alpha value is -2.08. The molecule has 1 aliphatic heterocycles. The Morgan fingerprint density at radius 1 is 1.30 bits per heavy atom. The number of hydrogen-bond donors (Lipinski definition) is 1. The van der Waals surface area contributed by atoms with Gasteiger partial charge in [-0.05, 0) is 49.9 Å². The highest BCUT2D eigenvalue weighted by molar-refractivity contribution is 5.95. The van der Waals surface area contributed by atoms with Crippen LogP contribution in [0.5, 0.6) is 5.75 Å². The predicted octanol–water partition coefficient (Wildman–Crippen LogP) is 2.02. The molecule has 0 aliphatic carbocycles. The Balaban J connectivity index is 2.16. The van der Waals surface area contributed by atoms with Gasteiger partial charge in [-0.15, -0.1) is 0 Å². The summed E-state index contributed by atoms with van der Waals surface area (Å²) in [6, 6.07) is 3.51. The van der Waals surface area contributed by atoms with Crippen LogP contribution in [-0.2, 0) is 9.53 Å². The summed E-state index contributed by atoms with van der Waals surface area (Å²) in [5.41, 5.74) is 2.12. The van der Waals surface area contributed by atoms with E-state index in [2.05, 4.69) is 0 Å². The van der Waals surface area contributed by atoms with Crippen molar-refractivity contribution < 1.29 is 24.2 Å². The van der Waals surface area contributed by atoms with Gasteiger partial charge in [0.15, 0.2) is 6.61 Å². The maximum absolute atomic E-state index is 12.7. The quantitative estimate of drug-likeness (QED) is 0.898. The van der Waals surface area contributed by atoms with Crippen molar-refractivity contribution in [2.75, 3.05) is 26.8 Å². The first-order valence-corrected chi connectivity index (χ1v) is 7.70. The number of aliphatic carboxylic acids is 1. The van der Waals surface area contributed by atoms with Crippen molar-refractivity contribution in [3.05, 3.63) is 28.8 Å². The van der Waals surface area contributed by atoms with Crippen molar-refractivity contribution in [2.45, 2.75) is 32.8 Å². The number of piperidine rings is 1. The highest BCUT2D eigenvalue weighted by Crippen LogP contribution is 2.26. The number of amides is 1. The van der Waals surface area contributed by atoms with Gasteiger partial charge in [-0.2, -0.15) is 0 Å². The maximum atomic E-state index is 12.7. The molecule has 1 atom stereocenters. The van der Waals surface area contributed by atoms with Crippen molar-refractivity contribution in [2.24, 2.45) is 0 Å². The van der Waals surface area contributed by atoms with E-state index in [1.54, 1.807) is 19.2 Å². The summed E-state index contributed by atoms with van der Waals surface area (Å²) < 4.78 is 10.7. The van der Waals surface area contributed by atoms with E-state index < -0.39 is 12.6 Å². The molecule has 0 bridgehead atoms. The number of nitrogens with zero attached hydrogens (tertiary/aromatic N) is 1. The minimum absolute atomic E-state index is 0.0252. The number of carbonyl (C=O) groups excluding carboxylic acids is 1. The zero-order chi connectivity index (χ0) is 17.0. The van der Waals surface area contributed by atoms with Gasteiger partial charge in [-0.1, -0.05) is 0 Å². The van der Waals surface area contributed by atoms with Gasteiger partial charge in [-0.25, -0.2) is 4.79 Å². The average Bonchev–Trinajstić information content (AvgIpc) is 2.53. The maximum Gasteiger partial charge on any atom is 0.341 e. The fourth-order valence-corrected chi connectivity index (χ4v) is 2.93. The lowest BCUT2D eigenvalue weighted by atomic mass is 10.0. The van der Waals surface area contributed by atoms with E-state index in [4.69, 9.17) is 14.6 Å². The minimum Gasteiger partial charge on any atom is -0.481 e. The first-order valence-electron chi connectivity index (χ1n) is 7.70. The fourth-order valence-electron chi connectivity index (χ4n) is 2.93. The summed E-state index contributed by atoms with van der Waals surface area (Å²) in [5.74, 6) is -0.525. The molecular formula is C17H23NO5. The zero-order valence-corrected chi connectivity index (χ0v) is 13.8. The molecule has 6 nitrogen and oxygen atoms in total. The third-order valence-electron chi connectivity index (χ3n) is 4.05. The second-order valence-electron chi connectivity index (χ2n) is 5.87. The number of benzene rings is 1. The highest BCUT2D eigenvalue weighted by atomic mass is 16.5. The SMILES string of the molecule is COC1CCCN(C(=O)c2cc(C)c(OCC(=O)O)c(C)c2)C1. The second kappa shape index (κ2) is 7.46. The van der Waals surface area contributed by atoms with Crippen molar-refractivity contribution >= 4 is 11.9 Å². The first kappa shape index (κ1) is 17.3. The van der Waals surface area contributed by atoms with Gasteiger partial charge in [0.1, 0.15) is 5.75 Å². The summed E-state index contributed by atoms with van der Waals surface area (Å²) in [6.45, 7) is 4.57. The molecule has 23 heavy (non-hydrogen) atoms. The lowest BCUT2D eigenvalue weighted by Gasteiger charge is -2.32. The van der Waals surface area contributed by atoms with E-state index in [9.17, 15) is 9.59 Å². The lowest BCUT2D eigenvalue weighted by molar-refractivity contribution is -0.139. The number of aryl methyl sites for hydroxylation is 2. The van der Waals surface area contributed by atoms with Crippen LogP contribution in [-0.4, -0.2) is 54.8 Å². The van der Waals surface area contributed by atoms with Gasteiger partial charge in [0.05, 0.1) is 6.10 Å². The van der Waals surface area contributed by atoms with Gasteiger partial charge >= 0.3 is 5.97 Å². The van der Waals surface area contributed by atoms with Crippen LogP contribution in [0.25, 0.3) is 0 Å². The number of hydrogen-bond acceptors (Lipinski definition) is 4. The number of methoxy groups -OCH3 is 1. The van der Waals surface area contributed by atoms with Crippen LogP contribution in [0.2, 0.25) is 0 Å². The van der Waals surface area contributed by atoms with Crippen LogP contribution < -0.4 is 4.74 Å². The third kappa shape index (κ3) is 4.22. The van der Waals surface area contributed by atoms with E-state index >= 15 is 0 Å². The molecule has 1 saturated heterocycles. The Morgan fingerprint density at radius 2 is 1.96 bits per heavy atom. The van der Waals surface area contributed by atoms with Crippen LogP contribution in [0.3, 0.4) is 0 Å². The topological polar surface area (TPSA) is 76.1 Å². The van der Waals surface area contributed by atoms with Crippen LogP contribution in [0.1, 0.15) is 34.3 Å². The summed E-state index contributed by atoms with van der Waals surface area (Å²) >= 11 is 0. The number of ether oxygens (including phenoxy) is 2. The molecule has 1 fully saturated rings. The van der Waals surface area contributed by atoms with E-state index in [-0.39, 0.29) is 12.0 Å². The minimum atomic E-state index is -1.03. The number of likely N-dealkylation sites (tertiary alicyclic amines) is 1. The molecular weight excluding hydrogens is 298 g/mol. The molecule has 0 saturated carbocycles. The smallest absolute Gasteiger partial charge is 0.341 e. The molecule has 1 heterocycles. The van der Waals surface area contributed by atoms with E-state index in [0.717, 1.165) is 30.5 Å². The molecule has 1 aromatic carbocycles. The van der Waals surface area contributed by atoms with Crippen LogP contribution in [0, 0.1) is 13.8 Å². The Bertz CT molecular complexity index is 576. The van der Waals surface area contributed by atoms with E-state index in [1.807, 2.05) is 18.7 Å². The molecule has 6 heteroatoms. The monoisotopic (exact) mass is 321 g/mol. The predicted molar refractivity (Wildman–Crippen MR) is 85.0 cm³/mol. The Labute approximate surface area is 136 Å². The van der Waals surface area contributed by atoms with Gasteiger partial charge in [0, 0.05) is 25.8 Å². The number of carbonyl (C=O) groups is 2. The molecule has 1 aliphatic rings.